The Morgan fingerprint density at radius 3 is 2.80 bits per heavy atom. The Balaban J connectivity index is 1.72. The smallest absolute Gasteiger partial charge is 0.333 e. The maximum Gasteiger partial charge on any atom is 0.333 e. The van der Waals surface area contributed by atoms with Crippen molar-refractivity contribution in [1.82, 2.24) is 0 Å². The fraction of sp³-hybridized carbons (Fsp3) is 0.750. The Labute approximate surface area is 89.4 Å². The number of rotatable bonds is 2. The molecule has 0 N–H and O–H groups in total. The first-order valence-electron chi connectivity index (χ1n) is 5.63. The van der Waals surface area contributed by atoms with Crippen molar-refractivity contribution in [2.45, 2.75) is 32.0 Å². The van der Waals surface area contributed by atoms with Crippen LogP contribution in [0.1, 0.15) is 19.8 Å². The van der Waals surface area contributed by atoms with Gasteiger partial charge in [-0.15, -0.1) is 0 Å². The van der Waals surface area contributed by atoms with Gasteiger partial charge in [-0.25, -0.2) is 4.79 Å². The van der Waals surface area contributed by atoms with Crippen LogP contribution in [0.3, 0.4) is 0 Å². The number of allylic oxidation sites excluding steroid dienone is 1. The summed E-state index contributed by atoms with van der Waals surface area (Å²) in [6, 6.07) is 0. The molecular formula is C12H16O3. The molecule has 1 aliphatic heterocycles. The van der Waals surface area contributed by atoms with Crippen molar-refractivity contribution in [1.29, 1.82) is 0 Å². The maximum atomic E-state index is 11.3. The number of fused-ring (bicyclic) bond motifs is 5. The summed E-state index contributed by atoms with van der Waals surface area (Å²) >= 11 is 0. The number of hydrogen-bond donors (Lipinski definition) is 0. The molecule has 3 nitrogen and oxygen atoms in total. The number of methoxy groups -OCH3 is 1. The average Bonchev–Trinajstić information content (AvgIpc) is 2.86. The Hall–Kier alpha value is -0.830. The topological polar surface area (TPSA) is 38.8 Å². The number of epoxide rings is 1. The molecule has 5 unspecified atom stereocenters. The van der Waals surface area contributed by atoms with Crippen LogP contribution >= 0.6 is 0 Å². The summed E-state index contributed by atoms with van der Waals surface area (Å²) < 4.78 is 10.3. The highest BCUT2D eigenvalue weighted by Gasteiger charge is 2.62. The van der Waals surface area contributed by atoms with Crippen molar-refractivity contribution in [2.24, 2.45) is 17.8 Å². The second kappa shape index (κ2) is 3.08. The van der Waals surface area contributed by atoms with Gasteiger partial charge in [0.1, 0.15) is 0 Å². The van der Waals surface area contributed by atoms with Crippen molar-refractivity contribution >= 4 is 5.97 Å². The monoisotopic (exact) mass is 208 g/mol. The van der Waals surface area contributed by atoms with E-state index in [0.717, 1.165) is 11.5 Å². The van der Waals surface area contributed by atoms with Crippen LogP contribution in [0.15, 0.2) is 11.6 Å². The van der Waals surface area contributed by atoms with Crippen LogP contribution in [0, 0.1) is 17.8 Å². The number of esters is 1. The summed E-state index contributed by atoms with van der Waals surface area (Å²) in [4.78, 5) is 11.3. The summed E-state index contributed by atoms with van der Waals surface area (Å²) in [5.74, 6) is 1.76. The summed E-state index contributed by atoms with van der Waals surface area (Å²) in [5.41, 5.74) is 0.743. The lowest BCUT2D eigenvalue weighted by atomic mass is 9.87. The summed E-state index contributed by atoms with van der Waals surface area (Å²) in [7, 11) is 1.43. The van der Waals surface area contributed by atoms with Crippen molar-refractivity contribution in [3.8, 4) is 0 Å². The van der Waals surface area contributed by atoms with Crippen LogP contribution in [0.2, 0.25) is 0 Å². The van der Waals surface area contributed by atoms with Crippen LogP contribution in [0.4, 0.5) is 0 Å². The third kappa shape index (κ3) is 1.33. The van der Waals surface area contributed by atoms with Gasteiger partial charge in [-0.3, -0.25) is 0 Å². The van der Waals surface area contributed by atoms with Crippen molar-refractivity contribution in [3.63, 3.8) is 0 Å². The fourth-order valence-corrected chi connectivity index (χ4v) is 3.39. The van der Waals surface area contributed by atoms with Gasteiger partial charge in [0.15, 0.2) is 0 Å². The molecule has 0 radical (unpaired) electrons. The summed E-state index contributed by atoms with van der Waals surface area (Å²) in [5, 5.41) is 0. The summed E-state index contributed by atoms with van der Waals surface area (Å²) in [6.45, 7) is 1.84. The number of carbonyl (C=O) groups is 1. The highest BCUT2D eigenvalue weighted by molar-refractivity contribution is 5.87. The first-order chi connectivity index (χ1) is 7.20. The van der Waals surface area contributed by atoms with Crippen molar-refractivity contribution < 1.29 is 14.3 Å². The van der Waals surface area contributed by atoms with E-state index in [1.807, 2.05) is 6.92 Å². The van der Waals surface area contributed by atoms with Gasteiger partial charge in [-0.05, 0) is 37.5 Å². The fourth-order valence-electron chi connectivity index (χ4n) is 3.39. The van der Waals surface area contributed by atoms with Gasteiger partial charge in [0, 0.05) is 5.57 Å². The molecule has 3 rings (SSSR count). The van der Waals surface area contributed by atoms with Gasteiger partial charge >= 0.3 is 5.97 Å². The van der Waals surface area contributed by atoms with Gasteiger partial charge in [-0.2, -0.15) is 0 Å². The molecule has 3 fully saturated rings. The molecule has 2 aliphatic carbocycles. The lowest BCUT2D eigenvalue weighted by molar-refractivity contribution is -0.136. The number of carbonyl (C=O) groups excluding carboxylic acids is 1. The molecule has 1 saturated heterocycles. The van der Waals surface area contributed by atoms with Crippen LogP contribution in [-0.4, -0.2) is 25.3 Å². The van der Waals surface area contributed by atoms with E-state index in [-0.39, 0.29) is 5.97 Å². The quantitative estimate of drug-likeness (QED) is 0.392. The lowest BCUT2D eigenvalue weighted by Gasteiger charge is -2.15. The normalized spacial score (nSPS) is 46.5. The van der Waals surface area contributed by atoms with Crippen molar-refractivity contribution in [2.75, 3.05) is 7.11 Å². The number of ether oxygens (including phenoxy) is 2. The molecule has 2 bridgehead atoms. The predicted octanol–water partition coefficient (Wildman–Crippen LogP) is 1.53. The minimum atomic E-state index is -0.203. The van der Waals surface area contributed by atoms with Crippen LogP contribution < -0.4 is 0 Å². The molecule has 0 aromatic rings. The molecule has 1 heterocycles. The predicted molar refractivity (Wildman–Crippen MR) is 54.1 cm³/mol. The van der Waals surface area contributed by atoms with Gasteiger partial charge in [0.05, 0.1) is 19.3 Å². The molecule has 15 heavy (non-hydrogen) atoms. The molecule has 2 saturated carbocycles. The Morgan fingerprint density at radius 2 is 2.20 bits per heavy atom. The zero-order valence-electron chi connectivity index (χ0n) is 9.10. The molecule has 3 aliphatic rings. The van der Waals surface area contributed by atoms with Crippen LogP contribution in [-0.2, 0) is 14.3 Å². The van der Waals surface area contributed by atoms with E-state index in [2.05, 4.69) is 6.08 Å². The van der Waals surface area contributed by atoms with Gasteiger partial charge < -0.3 is 9.47 Å². The Kier molecular flexibility index (Phi) is 1.93. The third-order valence-corrected chi connectivity index (χ3v) is 4.12. The van der Waals surface area contributed by atoms with Crippen LogP contribution in [0.5, 0.6) is 0 Å². The molecular weight excluding hydrogens is 192 g/mol. The lowest BCUT2D eigenvalue weighted by Crippen LogP contribution is -2.17. The van der Waals surface area contributed by atoms with E-state index in [1.165, 1.54) is 20.0 Å². The first-order valence-corrected chi connectivity index (χ1v) is 5.63. The first kappa shape index (κ1) is 9.40. The van der Waals surface area contributed by atoms with Gasteiger partial charge in [0.2, 0.25) is 0 Å². The Bertz CT molecular complexity index is 334. The van der Waals surface area contributed by atoms with E-state index >= 15 is 0 Å². The second-order valence-corrected chi connectivity index (χ2v) is 4.97. The van der Waals surface area contributed by atoms with Crippen LogP contribution in [0.25, 0.3) is 0 Å². The van der Waals surface area contributed by atoms with Crippen molar-refractivity contribution in [3.05, 3.63) is 11.6 Å². The molecule has 0 spiro atoms. The molecule has 0 amide bonds. The minimum Gasteiger partial charge on any atom is -0.466 e. The summed E-state index contributed by atoms with van der Waals surface area (Å²) in [6.07, 6.45) is 5.66. The van der Waals surface area contributed by atoms with E-state index < -0.39 is 0 Å². The zero-order chi connectivity index (χ0) is 10.6. The molecule has 0 aromatic heterocycles. The molecule has 0 aromatic carbocycles. The largest absolute Gasteiger partial charge is 0.466 e. The van der Waals surface area contributed by atoms with Gasteiger partial charge in [-0.1, -0.05) is 6.08 Å². The average molecular weight is 208 g/mol. The van der Waals surface area contributed by atoms with Gasteiger partial charge in [0.25, 0.3) is 0 Å². The van der Waals surface area contributed by atoms with E-state index in [4.69, 9.17) is 9.47 Å². The highest BCUT2D eigenvalue weighted by Crippen LogP contribution is 2.59. The van der Waals surface area contributed by atoms with E-state index in [1.54, 1.807) is 0 Å². The third-order valence-electron chi connectivity index (χ3n) is 4.12. The highest BCUT2D eigenvalue weighted by atomic mass is 16.6. The SMILES string of the molecule is COC(=O)/C(C)=C/C1CC2CC1C1OC21. The minimum absolute atomic E-state index is 0.203. The molecule has 5 atom stereocenters. The molecule has 3 heteroatoms. The molecule has 82 valence electrons. The standard InChI is InChI=1S/C12H16O3/c1-6(12(13)14-2)3-7-4-8-5-9(7)11-10(8)15-11/h3,7-11H,4-5H2,1-2H3/b6-3+. The van der Waals surface area contributed by atoms with E-state index in [0.29, 0.717) is 24.0 Å². The van der Waals surface area contributed by atoms with E-state index in [9.17, 15) is 4.79 Å². The maximum absolute atomic E-state index is 11.3. The zero-order valence-corrected chi connectivity index (χ0v) is 9.10. The second-order valence-electron chi connectivity index (χ2n) is 4.97. The number of hydrogen-bond acceptors (Lipinski definition) is 3. The Morgan fingerprint density at radius 1 is 1.40 bits per heavy atom.